The fraction of sp³-hybridized carbons (Fsp3) is 0.471. The highest BCUT2D eigenvalue weighted by Gasteiger charge is 2.21. The largest absolute Gasteiger partial charge is 0.287 e. The molecular formula is C17H23N5. The Morgan fingerprint density at radius 3 is 2.41 bits per heavy atom. The van der Waals surface area contributed by atoms with Crippen LogP contribution >= 0.6 is 0 Å². The average Bonchev–Trinajstić information content (AvgIpc) is 2.59. The molecule has 1 aromatic carbocycles. The molecule has 0 bridgehead atoms. The van der Waals surface area contributed by atoms with Crippen LogP contribution in [-0.4, -0.2) is 39.8 Å². The molecule has 2 heterocycles. The lowest BCUT2D eigenvalue weighted by Crippen LogP contribution is -2.46. The molecule has 0 unspecified atom stereocenters. The Morgan fingerprint density at radius 2 is 1.77 bits per heavy atom. The number of piperidine rings is 1. The lowest BCUT2D eigenvalue weighted by molar-refractivity contribution is 0.208. The normalized spacial score (nSPS) is 15.7. The Hall–Kier alpha value is -2.01. The third-order valence-electron chi connectivity index (χ3n) is 4.09. The van der Waals surface area contributed by atoms with E-state index in [0.29, 0.717) is 5.82 Å². The van der Waals surface area contributed by atoms with Crippen LogP contribution < -0.4 is 5.01 Å². The number of aromatic nitrogens is 3. The second-order valence-corrected chi connectivity index (χ2v) is 5.64. The van der Waals surface area contributed by atoms with Crippen molar-refractivity contribution in [3.63, 3.8) is 0 Å². The maximum atomic E-state index is 4.67. The van der Waals surface area contributed by atoms with Gasteiger partial charge in [-0.2, -0.15) is 0 Å². The molecule has 2 aromatic rings. The highest BCUT2D eigenvalue weighted by Crippen LogP contribution is 2.22. The first-order valence-corrected chi connectivity index (χ1v) is 8.08. The number of benzene rings is 1. The van der Waals surface area contributed by atoms with Gasteiger partial charge in [-0.15, -0.1) is 10.2 Å². The SMILES string of the molecule is CCN(c1nnc(-c2ccccc2)nc1C)N1CCCCC1. The first-order chi connectivity index (χ1) is 10.8. The molecule has 1 saturated heterocycles. The molecule has 1 aliphatic heterocycles. The van der Waals surface area contributed by atoms with E-state index >= 15 is 0 Å². The monoisotopic (exact) mass is 297 g/mol. The molecule has 5 heteroatoms. The van der Waals surface area contributed by atoms with Gasteiger partial charge in [-0.1, -0.05) is 36.8 Å². The van der Waals surface area contributed by atoms with Gasteiger partial charge in [0.1, 0.15) is 0 Å². The van der Waals surface area contributed by atoms with E-state index in [-0.39, 0.29) is 0 Å². The van der Waals surface area contributed by atoms with Gasteiger partial charge < -0.3 is 0 Å². The van der Waals surface area contributed by atoms with E-state index in [1.54, 1.807) is 0 Å². The fourth-order valence-electron chi connectivity index (χ4n) is 2.95. The third-order valence-corrected chi connectivity index (χ3v) is 4.09. The first-order valence-electron chi connectivity index (χ1n) is 8.08. The molecule has 22 heavy (non-hydrogen) atoms. The summed E-state index contributed by atoms with van der Waals surface area (Å²) in [7, 11) is 0. The van der Waals surface area contributed by atoms with Crippen molar-refractivity contribution in [1.82, 2.24) is 20.2 Å². The van der Waals surface area contributed by atoms with Gasteiger partial charge in [0.25, 0.3) is 0 Å². The standard InChI is InChI=1S/C17H23N5/c1-3-22(21-12-8-5-9-13-21)17-14(2)18-16(19-20-17)15-10-6-4-7-11-15/h4,6-7,10-11H,3,5,8-9,12-13H2,1-2H3. The van der Waals surface area contributed by atoms with E-state index in [1.165, 1.54) is 19.3 Å². The zero-order valence-corrected chi connectivity index (χ0v) is 13.4. The van der Waals surface area contributed by atoms with E-state index < -0.39 is 0 Å². The Bertz CT molecular complexity index is 608. The van der Waals surface area contributed by atoms with Crippen LogP contribution in [0, 0.1) is 6.92 Å². The van der Waals surface area contributed by atoms with Crippen LogP contribution in [0.15, 0.2) is 30.3 Å². The molecule has 0 amide bonds. The molecule has 3 rings (SSSR count). The van der Waals surface area contributed by atoms with Crippen LogP contribution in [0.25, 0.3) is 11.4 Å². The molecule has 116 valence electrons. The van der Waals surface area contributed by atoms with Crippen molar-refractivity contribution in [3.05, 3.63) is 36.0 Å². The molecule has 1 aliphatic rings. The quantitative estimate of drug-likeness (QED) is 0.868. The summed E-state index contributed by atoms with van der Waals surface area (Å²) in [6, 6.07) is 10.0. The van der Waals surface area contributed by atoms with Crippen LogP contribution in [0.1, 0.15) is 31.9 Å². The summed E-state index contributed by atoms with van der Waals surface area (Å²) in [6.45, 7) is 7.25. The minimum atomic E-state index is 0.691. The predicted octanol–water partition coefficient (Wildman–Crippen LogP) is 3.07. The minimum Gasteiger partial charge on any atom is -0.287 e. The number of hydrogen-bond acceptors (Lipinski definition) is 5. The molecular weight excluding hydrogens is 274 g/mol. The van der Waals surface area contributed by atoms with Gasteiger partial charge in [-0.05, 0) is 26.7 Å². The van der Waals surface area contributed by atoms with Crippen molar-refractivity contribution in [2.45, 2.75) is 33.1 Å². The topological polar surface area (TPSA) is 45.2 Å². The van der Waals surface area contributed by atoms with Crippen LogP contribution in [0.3, 0.4) is 0 Å². The van der Waals surface area contributed by atoms with Crippen molar-refractivity contribution in [2.75, 3.05) is 24.6 Å². The van der Waals surface area contributed by atoms with E-state index in [9.17, 15) is 0 Å². The number of aryl methyl sites for hydroxylation is 1. The lowest BCUT2D eigenvalue weighted by atomic mass is 10.2. The molecule has 0 saturated carbocycles. The number of nitrogens with zero attached hydrogens (tertiary/aromatic N) is 5. The summed E-state index contributed by atoms with van der Waals surface area (Å²) in [6.07, 6.45) is 3.82. The minimum absolute atomic E-state index is 0.691. The van der Waals surface area contributed by atoms with Gasteiger partial charge in [-0.3, -0.25) is 5.01 Å². The highest BCUT2D eigenvalue weighted by atomic mass is 15.6. The van der Waals surface area contributed by atoms with Gasteiger partial charge in [0, 0.05) is 25.2 Å². The van der Waals surface area contributed by atoms with Crippen molar-refractivity contribution in [1.29, 1.82) is 0 Å². The average molecular weight is 297 g/mol. The summed E-state index contributed by atoms with van der Waals surface area (Å²) in [5.74, 6) is 1.57. The number of rotatable bonds is 4. The Balaban J connectivity index is 1.87. The fourth-order valence-corrected chi connectivity index (χ4v) is 2.95. The Kier molecular flexibility index (Phi) is 4.63. The van der Waals surface area contributed by atoms with Crippen LogP contribution in [-0.2, 0) is 0 Å². The Morgan fingerprint density at radius 1 is 1.05 bits per heavy atom. The molecule has 1 aromatic heterocycles. The third kappa shape index (κ3) is 3.09. The molecule has 5 nitrogen and oxygen atoms in total. The second-order valence-electron chi connectivity index (χ2n) is 5.64. The van der Waals surface area contributed by atoms with Crippen molar-refractivity contribution in [3.8, 4) is 11.4 Å². The molecule has 0 atom stereocenters. The number of hydrogen-bond donors (Lipinski definition) is 0. The van der Waals surface area contributed by atoms with E-state index in [2.05, 4.69) is 32.1 Å². The first kappa shape index (κ1) is 14.9. The van der Waals surface area contributed by atoms with Crippen LogP contribution in [0.2, 0.25) is 0 Å². The van der Waals surface area contributed by atoms with E-state index in [0.717, 1.165) is 36.7 Å². The van der Waals surface area contributed by atoms with Gasteiger partial charge >= 0.3 is 0 Å². The van der Waals surface area contributed by atoms with Crippen molar-refractivity contribution >= 4 is 5.82 Å². The van der Waals surface area contributed by atoms with Crippen LogP contribution in [0.4, 0.5) is 5.82 Å². The maximum Gasteiger partial charge on any atom is 0.187 e. The summed E-state index contributed by atoms with van der Waals surface area (Å²) < 4.78 is 0. The second kappa shape index (κ2) is 6.83. The van der Waals surface area contributed by atoms with Gasteiger partial charge in [0.2, 0.25) is 0 Å². The molecule has 0 spiro atoms. The highest BCUT2D eigenvalue weighted by molar-refractivity contribution is 5.55. The zero-order chi connectivity index (χ0) is 15.4. The van der Waals surface area contributed by atoms with Gasteiger partial charge in [0.05, 0.1) is 5.69 Å². The van der Waals surface area contributed by atoms with Crippen molar-refractivity contribution in [2.24, 2.45) is 0 Å². The predicted molar refractivity (Wildman–Crippen MR) is 88.4 cm³/mol. The van der Waals surface area contributed by atoms with E-state index in [1.807, 2.05) is 37.3 Å². The summed E-state index contributed by atoms with van der Waals surface area (Å²) in [5.41, 5.74) is 1.94. The molecule has 0 N–H and O–H groups in total. The summed E-state index contributed by atoms with van der Waals surface area (Å²) >= 11 is 0. The van der Waals surface area contributed by atoms with Crippen LogP contribution in [0.5, 0.6) is 0 Å². The van der Waals surface area contributed by atoms with Gasteiger partial charge in [-0.25, -0.2) is 9.99 Å². The lowest BCUT2D eigenvalue weighted by Gasteiger charge is -2.37. The summed E-state index contributed by atoms with van der Waals surface area (Å²) in [4.78, 5) is 4.67. The van der Waals surface area contributed by atoms with Crippen molar-refractivity contribution < 1.29 is 0 Å². The maximum absolute atomic E-state index is 4.67. The summed E-state index contributed by atoms with van der Waals surface area (Å²) in [5, 5.41) is 13.4. The van der Waals surface area contributed by atoms with E-state index in [4.69, 9.17) is 0 Å². The van der Waals surface area contributed by atoms with Gasteiger partial charge in [0.15, 0.2) is 11.6 Å². The smallest absolute Gasteiger partial charge is 0.187 e. The Labute approximate surface area is 132 Å². The number of anilines is 1. The number of hydrazine groups is 1. The molecule has 1 fully saturated rings. The molecule has 0 aliphatic carbocycles. The molecule has 0 radical (unpaired) electrons. The zero-order valence-electron chi connectivity index (χ0n) is 13.4.